The SMILES string of the molecule is CCOC(=O)C(C=O)Cc1cc2cccnc2n(C)c1=O. The number of esters is 1. The predicted molar refractivity (Wildman–Crippen MR) is 76.9 cm³/mol. The highest BCUT2D eigenvalue weighted by Gasteiger charge is 2.21. The van der Waals surface area contributed by atoms with Crippen molar-refractivity contribution < 1.29 is 14.3 Å². The fourth-order valence-electron chi connectivity index (χ4n) is 2.18. The number of hydrogen-bond acceptors (Lipinski definition) is 5. The van der Waals surface area contributed by atoms with Crippen molar-refractivity contribution >= 4 is 23.3 Å². The monoisotopic (exact) mass is 288 g/mol. The summed E-state index contributed by atoms with van der Waals surface area (Å²) in [6.07, 6.45) is 2.15. The van der Waals surface area contributed by atoms with E-state index < -0.39 is 11.9 Å². The van der Waals surface area contributed by atoms with Gasteiger partial charge in [0.1, 0.15) is 17.9 Å². The highest BCUT2D eigenvalue weighted by molar-refractivity contribution is 5.88. The first kappa shape index (κ1) is 14.9. The van der Waals surface area contributed by atoms with Crippen molar-refractivity contribution in [2.24, 2.45) is 13.0 Å². The Kier molecular flexibility index (Phi) is 4.47. The zero-order valence-electron chi connectivity index (χ0n) is 11.9. The molecule has 0 aliphatic heterocycles. The van der Waals surface area contributed by atoms with Crippen LogP contribution in [0, 0.1) is 5.92 Å². The van der Waals surface area contributed by atoms with Crippen LogP contribution in [-0.2, 0) is 27.8 Å². The van der Waals surface area contributed by atoms with Crippen molar-refractivity contribution in [3.05, 3.63) is 40.3 Å². The molecule has 6 heteroatoms. The molecule has 2 aromatic rings. The van der Waals surface area contributed by atoms with Gasteiger partial charge in [0.15, 0.2) is 0 Å². The summed E-state index contributed by atoms with van der Waals surface area (Å²) in [5, 5.41) is 0.781. The first-order chi connectivity index (χ1) is 10.1. The molecule has 0 amide bonds. The molecular weight excluding hydrogens is 272 g/mol. The molecule has 21 heavy (non-hydrogen) atoms. The number of aryl methyl sites for hydroxylation is 1. The minimum Gasteiger partial charge on any atom is -0.465 e. The van der Waals surface area contributed by atoms with E-state index in [1.807, 2.05) is 6.07 Å². The number of carbonyl (C=O) groups is 2. The van der Waals surface area contributed by atoms with Gasteiger partial charge in [-0.15, -0.1) is 0 Å². The van der Waals surface area contributed by atoms with Crippen molar-refractivity contribution in [3.63, 3.8) is 0 Å². The van der Waals surface area contributed by atoms with Gasteiger partial charge in [-0.3, -0.25) is 14.2 Å². The Morgan fingerprint density at radius 1 is 1.52 bits per heavy atom. The Hall–Kier alpha value is -2.50. The molecule has 2 aromatic heterocycles. The minimum atomic E-state index is -0.966. The maximum atomic E-state index is 12.3. The second-order valence-electron chi connectivity index (χ2n) is 4.65. The van der Waals surface area contributed by atoms with Crippen molar-refractivity contribution in [2.75, 3.05) is 6.61 Å². The number of carbonyl (C=O) groups excluding carboxylic acids is 2. The lowest BCUT2D eigenvalue weighted by Gasteiger charge is -2.11. The zero-order valence-corrected chi connectivity index (χ0v) is 11.9. The summed E-state index contributed by atoms with van der Waals surface area (Å²) in [4.78, 5) is 39.1. The normalized spacial score (nSPS) is 12.1. The van der Waals surface area contributed by atoms with Gasteiger partial charge in [-0.1, -0.05) is 0 Å². The lowest BCUT2D eigenvalue weighted by molar-refractivity contribution is -0.149. The number of nitrogens with zero attached hydrogens (tertiary/aromatic N) is 2. The minimum absolute atomic E-state index is 0.0276. The van der Waals surface area contributed by atoms with Gasteiger partial charge in [-0.05, 0) is 31.5 Å². The third kappa shape index (κ3) is 2.99. The number of hydrogen-bond donors (Lipinski definition) is 0. The Bertz CT molecular complexity index is 736. The summed E-state index contributed by atoms with van der Waals surface area (Å²) in [5.41, 5.74) is 0.686. The van der Waals surface area contributed by atoms with Crippen molar-refractivity contribution in [1.82, 2.24) is 9.55 Å². The zero-order chi connectivity index (χ0) is 15.4. The molecule has 0 aliphatic rings. The van der Waals surface area contributed by atoms with Crippen LogP contribution in [0.2, 0.25) is 0 Å². The summed E-state index contributed by atoms with van der Waals surface area (Å²) in [6.45, 7) is 1.86. The van der Waals surface area contributed by atoms with E-state index in [1.54, 1.807) is 32.3 Å². The van der Waals surface area contributed by atoms with Gasteiger partial charge in [0.25, 0.3) is 5.56 Å². The van der Waals surface area contributed by atoms with Crippen LogP contribution in [0.15, 0.2) is 29.2 Å². The van der Waals surface area contributed by atoms with Crippen LogP contribution < -0.4 is 5.56 Å². The maximum Gasteiger partial charge on any atom is 0.316 e. The van der Waals surface area contributed by atoms with Crippen LogP contribution in [0.1, 0.15) is 12.5 Å². The molecule has 2 rings (SSSR count). The summed E-state index contributed by atoms with van der Waals surface area (Å²) >= 11 is 0. The van der Waals surface area contributed by atoms with Gasteiger partial charge in [0.2, 0.25) is 0 Å². The summed E-state index contributed by atoms with van der Waals surface area (Å²) in [7, 11) is 1.61. The molecule has 0 radical (unpaired) electrons. The van der Waals surface area contributed by atoms with Crippen LogP contribution in [0.4, 0.5) is 0 Å². The van der Waals surface area contributed by atoms with Gasteiger partial charge < -0.3 is 9.53 Å². The third-order valence-electron chi connectivity index (χ3n) is 3.24. The molecule has 0 aromatic carbocycles. The summed E-state index contributed by atoms with van der Waals surface area (Å²) in [6, 6.07) is 5.26. The fraction of sp³-hybridized carbons (Fsp3) is 0.333. The number of fused-ring (bicyclic) bond motifs is 1. The maximum absolute atomic E-state index is 12.3. The molecule has 0 bridgehead atoms. The van der Waals surface area contributed by atoms with E-state index in [4.69, 9.17) is 4.74 Å². The number of rotatable bonds is 5. The Morgan fingerprint density at radius 3 is 2.95 bits per heavy atom. The Labute approximate surface area is 121 Å². The molecule has 0 saturated carbocycles. The predicted octanol–water partition coefficient (Wildman–Crippen LogP) is 0.854. The van der Waals surface area contributed by atoms with Gasteiger partial charge in [-0.25, -0.2) is 4.98 Å². The van der Waals surface area contributed by atoms with E-state index in [0.29, 0.717) is 17.5 Å². The lowest BCUT2D eigenvalue weighted by atomic mass is 10.0. The van der Waals surface area contributed by atoms with E-state index >= 15 is 0 Å². The average Bonchev–Trinajstić information content (AvgIpc) is 2.49. The third-order valence-corrected chi connectivity index (χ3v) is 3.24. The van der Waals surface area contributed by atoms with Crippen molar-refractivity contribution in [3.8, 4) is 0 Å². The Morgan fingerprint density at radius 2 is 2.29 bits per heavy atom. The van der Waals surface area contributed by atoms with Crippen LogP contribution >= 0.6 is 0 Å². The molecule has 1 unspecified atom stereocenters. The molecule has 0 aliphatic carbocycles. The van der Waals surface area contributed by atoms with Gasteiger partial charge in [0, 0.05) is 24.2 Å². The van der Waals surface area contributed by atoms with Crippen LogP contribution in [0.25, 0.3) is 11.0 Å². The number of aldehydes is 1. The summed E-state index contributed by atoms with van der Waals surface area (Å²) in [5.74, 6) is -1.58. The molecule has 0 spiro atoms. The van der Waals surface area contributed by atoms with Crippen LogP contribution in [0.5, 0.6) is 0 Å². The first-order valence-corrected chi connectivity index (χ1v) is 6.64. The molecule has 2 heterocycles. The first-order valence-electron chi connectivity index (χ1n) is 6.64. The van der Waals surface area contributed by atoms with Gasteiger partial charge in [0.05, 0.1) is 6.61 Å². The molecule has 0 fully saturated rings. The van der Waals surface area contributed by atoms with E-state index in [2.05, 4.69) is 4.98 Å². The van der Waals surface area contributed by atoms with Gasteiger partial charge in [-0.2, -0.15) is 0 Å². The second kappa shape index (κ2) is 6.30. The topological polar surface area (TPSA) is 78.3 Å². The lowest BCUT2D eigenvalue weighted by Crippen LogP contribution is -2.28. The standard InChI is InChI=1S/C15H16N2O4/c1-3-21-15(20)12(9-18)8-11-7-10-5-4-6-16-13(10)17(2)14(11)19/h4-7,9,12H,3,8H2,1-2H3. The highest BCUT2D eigenvalue weighted by atomic mass is 16.5. The van der Waals surface area contributed by atoms with E-state index in [-0.39, 0.29) is 18.6 Å². The summed E-state index contributed by atoms with van der Waals surface area (Å²) < 4.78 is 6.25. The van der Waals surface area contributed by atoms with Gasteiger partial charge >= 0.3 is 5.97 Å². The Balaban J connectivity index is 2.42. The van der Waals surface area contributed by atoms with E-state index in [0.717, 1.165) is 5.39 Å². The number of aromatic nitrogens is 2. The van der Waals surface area contributed by atoms with Crippen molar-refractivity contribution in [1.29, 1.82) is 0 Å². The molecule has 1 atom stereocenters. The van der Waals surface area contributed by atoms with E-state index in [9.17, 15) is 14.4 Å². The quantitative estimate of drug-likeness (QED) is 0.463. The number of pyridine rings is 2. The largest absolute Gasteiger partial charge is 0.465 e. The number of ether oxygens (including phenoxy) is 1. The highest BCUT2D eigenvalue weighted by Crippen LogP contribution is 2.13. The molecular formula is C15H16N2O4. The van der Waals surface area contributed by atoms with Crippen LogP contribution in [-0.4, -0.2) is 28.4 Å². The van der Waals surface area contributed by atoms with Crippen LogP contribution in [0.3, 0.4) is 0 Å². The molecule has 6 nitrogen and oxygen atoms in total. The van der Waals surface area contributed by atoms with Crippen molar-refractivity contribution in [2.45, 2.75) is 13.3 Å². The molecule has 0 saturated heterocycles. The second-order valence-corrected chi connectivity index (χ2v) is 4.65. The molecule has 110 valence electrons. The smallest absolute Gasteiger partial charge is 0.316 e. The average molecular weight is 288 g/mol. The fourth-order valence-corrected chi connectivity index (χ4v) is 2.18. The molecule has 0 N–H and O–H groups in total. The van der Waals surface area contributed by atoms with E-state index in [1.165, 1.54) is 4.57 Å².